The average molecular weight is 711 g/mol. The van der Waals surface area contributed by atoms with Crippen molar-refractivity contribution in [3.63, 3.8) is 0 Å². The highest BCUT2D eigenvalue weighted by Gasteiger charge is 2.71. The standard InChI is InChI=1S/C43H70N2O6/c1-26(2)35-29(46)22-43(32(47)25-45(21-20-44)24-27-10-11-27)19-18-41(8)28(36(35)43)12-13-31-40(7)16-15-33(51-34(48)23-38(3,4)37(49)50)39(5,6)30(40)14-17-42(31,41)9/h26-28,30-33,47H,10-25,44H2,1-9H3,(H,49,50)/t28-,30+,31-,32+,33+,40+,41-,42-,43+/m1/s1. The molecule has 8 heteroatoms. The van der Waals surface area contributed by atoms with Gasteiger partial charge in [-0.15, -0.1) is 0 Å². The molecule has 0 spiro atoms. The van der Waals surface area contributed by atoms with Crippen LogP contribution in [0.5, 0.6) is 0 Å². The van der Waals surface area contributed by atoms with E-state index in [1.165, 1.54) is 18.4 Å². The zero-order valence-electron chi connectivity index (χ0n) is 33.4. The Bertz CT molecular complexity index is 1430. The number of aliphatic hydroxyl groups is 1. The normalized spacial score (nSPS) is 39.7. The van der Waals surface area contributed by atoms with Crippen molar-refractivity contribution in [2.75, 3.05) is 26.2 Å². The van der Waals surface area contributed by atoms with E-state index in [0.717, 1.165) is 70.0 Å². The fraction of sp³-hybridized carbons (Fsp3) is 0.884. The van der Waals surface area contributed by atoms with Crippen LogP contribution in [0.1, 0.15) is 139 Å². The fourth-order valence-electron chi connectivity index (χ4n) is 13.4. The van der Waals surface area contributed by atoms with Crippen molar-refractivity contribution >= 4 is 17.7 Å². The third-order valence-electron chi connectivity index (χ3n) is 16.6. The molecule has 6 aliphatic carbocycles. The molecule has 0 amide bonds. The number of aliphatic carboxylic acids is 1. The van der Waals surface area contributed by atoms with E-state index in [2.05, 4.69) is 53.4 Å². The smallest absolute Gasteiger partial charge is 0.309 e. The lowest BCUT2D eigenvalue weighted by Crippen LogP contribution is -2.66. The molecule has 0 unspecified atom stereocenters. The molecule has 0 radical (unpaired) electrons. The Balaban J connectivity index is 1.28. The van der Waals surface area contributed by atoms with Gasteiger partial charge in [-0.05, 0) is 129 Å². The molecule has 0 aromatic carbocycles. The van der Waals surface area contributed by atoms with Crippen molar-refractivity contribution in [1.29, 1.82) is 0 Å². The van der Waals surface area contributed by atoms with E-state index in [1.807, 2.05) is 0 Å². The minimum absolute atomic E-state index is 0.00798. The largest absolute Gasteiger partial charge is 0.481 e. The molecule has 0 aromatic heterocycles. The molecule has 288 valence electrons. The van der Waals surface area contributed by atoms with Gasteiger partial charge in [-0.1, -0.05) is 54.0 Å². The number of hydrogen-bond donors (Lipinski definition) is 3. The summed E-state index contributed by atoms with van der Waals surface area (Å²) in [5.41, 5.74) is 6.69. The topological polar surface area (TPSA) is 130 Å². The molecule has 4 N–H and O–H groups in total. The number of carbonyl (C=O) groups is 3. The number of carboxylic acids is 1. The molecule has 0 bridgehead atoms. The zero-order chi connectivity index (χ0) is 37.5. The minimum Gasteiger partial charge on any atom is -0.481 e. The molecule has 0 aromatic rings. The van der Waals surface area contributed by atoms with Crippen LogP contribution in [0.15, 0.2) is 11.1 Å². The van der Waals surface area contributed by atoms with E-state index in [1.54, 1.807) is 13.8 Å². The van der Waals surface area contributed by atoms with Gasteiger partial charge in [0.05, 0.1) is 17.9 Å². The number of fused-ring (bicyclic) bond motifs is 7. The molecule has 6 rings (SSSR count). The molecule has 5 saturated carbocycles. The quantitative estimate of drug-likeness (QED) is 0.179. The first kappa shape index (κ1) is 38.9. The molecule has 51 heavy (non-hydrogen) atoms. The van der Waals surface area contributed by atoms with Gasteiger partial charge in [0.15, 0.2) is 5.78 Å². The van der Waals surface area contributed by atoms with E-state index < -0.39 is 28.9 Å². The number of ketones is 1. The van der Waals surface area contributed by atoms with Crippen molar-refractivity contribution in [1.82, 2.24) is 4.90 Å². The summed E-state index contributed by atoms with van der Waals surface area (Å²) in [5.74, 6) is 0.874. The minimum atomic E-state index is -1.16. The average Bonchev–Trinajstić information content (AvgIpc) is 3.78. The van der Waals surface area contributed by atoms with Gasteiger partial charge in [0.2, 0.25) is 0 Å². The first-order valence-corrected chi connectivity index (χ1v) is 20.5. The van der Waals surface area contributed by atoms with Crippen LogP contribution < -0.4 is 5.73 Å². The number of nitrogens with two attached hydrogens (primary N) is 1. The molecule has 6 aliphatic rings. The molecule has 9 atom stereocenters. The van der Waals surface area contributed by atoms with E-state index in [0.29, 0.717) is 37.3 Å². The summed E-state index contributed by atoms with van der Waals surface area (Å²) in [6.07, 6.45) is 9.99. The van der Waals surface area contributed by atoms with Crippen molar-refractivity contribution in [2.24, 2.45) is 67.8 Å². The Morgan fingerprint density at radius 1 is 0.941 bits per heavy atom. The van der Waals surface area contributed by atoms with Crippen LogP contribution in [0.2, 0.25) is 0 Å². The van der Waals surface area contributed by atoms with Crippen molar-refractivity contribution in [2.45, 2.75) is 152 Å². The summed E-state index contributed by atoms with van der Waals surface area (Å²) in [5, 5.41) is 22.0. The van der Waals surface area contributed by atoms with Crippen LogP contribution in [0.4, 0.5) is 0 Å². The van der Waals surface area contributed by atoms with Crippen molar-refractivity contribution < 1.29 is 29.3 Å². The first-order valence-electron chi connectivity index (χ1n) is 20.5. The molecule has 0 aliphatic heterocycles. The Kier molecular flexibility index (Phi) is 10.1. The first-order chi connectivity index (χ1) is 23.7. The number of aliphatic hydroxyl groups excluding tert-OH is 1. The van der Waals surface area contributed by atoms with Crippen LogP contribution in [-0.4, -0.2) is 71.2 Å². The van der Waals surface area contributed by atoms with E-state index in [9.17, 15) is 24.6 Å². The number of carbonyl (C=O) groups excluding carboxylic acids is 2. The number of nitrogens with zero attached hydrogens (tertiary/aromatic N) is 1. The Hall–Kier alpha value is -1.77. The number of carboxylic acid groups (broad SMARTS) is 1. The highest BCUT2D eigenvalue weighted by atomic mass is 16.5. The highest BCUT2D eigenvalue weighted by molar-refractivity contribution is 6.00. The van der Waals surface area contributed by atoms with Crippen molar-refractivity contribution in [3.05, 3.63) is 11.1 Å². The molecule has 8 nitrogen and oxygen atoms in total. The van der Waals surface area contributed by atoms with Gasteiger partial charge in [-0.25, -0.2) is 0 Å². The summed E-state index contributed by atoms with van der Waals surface area (Å²) in [6, 6.07) is 0. The number of Topliss-reactive ketones (excluding diaryl/α,β-unsaturated/α-hetero) is 1. The summed E-state index contributed by atoms with van der Waals surface area (Å²) >= 11 is 0. The predicted octanol–water partition coefficient (Wildman–Crippen LogP) is 7.41. The molecule has 0 heterocycles. The summed E-state index contributed by atoms with van der Waals surface area (Å²) in [7, 11) is 0. The molecular formula is C43H70N2O6. The number of ether oxygens (including phenoxy) is 1. The number of hydrogen-bond acceptors (Lipinski definition) is 7. The molecule has 5 fully saturated rings. The SMILES string of the molecule is CC(C)C1=C2[C@H]3CC[C@@H]4[C@@]5(C)CC[C@H](OC(=O)CC(C)(C)C(=O)O)C(C)(C)[C@@H]5CC[C@@]4(C)[C@]3(C)CC[C@@]2([C@@H](O)CN(CCN)CC2CC2)CC1=O. The third kappa shape index (κ3) is 6.17. The second-order valence-electron chi connectivity index (χ2n) is 20.6. The van der Waals surface area contributed by atoms with Crippen molar-refractivity contribution in [3.8, 4) is 0 Å². The Morgan fingerprint density at radius 2 is 1.63 bits per heavy atom. The predicted molar refractivity (Wildman–Crippen MR) is 200 cm³/mol. The number of rotatable bonds is 12. The van der Waals surface area contributed by atoms with E-state index >= 15 is 0 Å². The second-order valence-corrected chi connectivity index (χ2v) is 20.6. The van der Waals surface area contributed by atoms with Gasteiger partial charge in [0.1, 0.15) is 6.10 Å². The third-order valence-corrected chi connectivity index (χ3v) is 16.6. The maximum atomic E-state index is 14.1. The fourth-order valence-corrected chi connectivity index (χ4v) is 13.4. The summed E-state index contributed by atoms with van der Waals surface area (Å²) in [6.45, 7) is 22.7. The van der Waals surface area contributed by atoms with Crippen LogP contribution in [0.3, 0.4) is 0 Å². The molecule has 0 saturated heterocycles. The van der Waals surface area contributed by atoms with Crippen LogP contribution in [0.25, 0.3) is 0 Å². The zero-order valence-corrected chi connectivity index (χ0v) is 33.4. The van der Waals surface area contributed by atoms with Gasteiger partial charge in [0, 0.05) is 43.4 Å². The van der Waals surface area contributed by atoms with Crippen LogP contribution in [-0.2, 0) is 19.1 Å². The van der Waals surface area contributed by atoms with Gasteiger partial charge >= 0.3 is 11.9 Å². The van der Waals surface area contributed by atoms with Gasteiger partial charge < -0.3 is 20.7 Å². The lowest BCUT2D eigenvalue weighted by Gasteiger charge is -2.72. The maximum absolute atomic E-state index is 14.1. The monoisotopic (exact) mass is 711 g/mol. The highest BCUT2D eigenvalue weighted by Crippen LogP contribution is 2.77. The molecular weight excluding hydrogens is 640 g/mol. The van der Waals surface area contributed by atoms with Gasteiger partial charge in [-0.3, -0.25) is 19.3 Å². The lowest BCUT2D eigenvalue weighted by molar-refractivity contribution is -0.235. The van der Waals surface area contributed by atoms with Crippen LogP contribution in [0, 0.1) is 62.1 Å². The summed E-state index contributed by atoms with van der Waals surface area (Å²) in [4.78, 5) is 41.3. The van der Waals surface area contributed by atoms with E-state index in [4.69, 9.17) is 10.5 Å². The van der Waals surface area contributed by atoms with Gasteiger partial charge in [-0.2, -0.15) is 0 Å². The Labute approximate surface area is 308 Å². The van der Waals surface area contributed by atoms with E-state index in [-0.39, 0.29) is 51.8 Å². The lowest BCUT2D eigenvalue weighted by atomic mass is 9.33. The maximum Gasteiger partial charge on any atom is 0.309 e. The number of esters is 1. The second kappa shape index (κ2) is 13.2. The van der Waals surface area contributed by atoms with Crippen LogP contribution >= 0.6 is 0 Å². The number of allylic oxidation sites excluding steroid dienone is 1. The Morgan fingerprint density at radius 3 is 2.24 bits per heavy atom. The summed E-state index contributed by atoms with van der Waals surface area (Å²) < 4.78 is 6.17. The van der Waals surface area contributed by atoms with Gasteiger partial charge in [0.25, 0.3) is 0 Å².